The van der Waals surface area contributed by atoms with Crippen molar-refractivity contribution in [1.29, 1.82) is 0 Å². The van der Waals surface area contributed by atoms with Crippen molar-refractivity contribution >= 4 is 27.3 Å². The number of hydrogen-bond donors (Lipinski definition) is 3. The fourth-order valence-electron chi connectivity index (χ4n) is 3.68. The number of nitrogens with zero attached hydrogens (tertiary/aromatic N) is 4. The minimum atomic E-state index is -3.79. The van der Waals surface area contributed by atoms with Crippen LogP contribution in [0.25, 0.3) is 10.6 Å². The summed E-state index contributed by atoms with van der Waals surface area (Å²) in [5.41, 5.74) is 3.62. The third-order valence-electron chi connectivity index (χ3n) is 5.64. The first-order chi connectivity index (χ1) is 18.9. The van der Waals surface area contributed by atoms with E-state index in [4.69, 9.17) is 14.7 Å². The van der Waals surface area contributed by atoms with E-state index in [-0.39, 0.29) is 17.2 Å². The summed E-state index contributed by atoms with van der Waals surface area (Å²) in [7, 11) is -2.19. The molecule has 0 aliphatic carbocycles. The Morgan fingerprint density at radius 2 is 1.95 bits per heavy atom. The molecule has 0 spiro atoms. The Kier molecular flexibility index (Phi) is 9.73. The fraction of sp³-hybridized carbons (Fsp3) is 0.280. The Morgan fingerprint density at radius 1 is 1.13 bits per heavy atom. The summed E-state index contributed by atoms with van der Waals surface area (Å²) >= 11 is 1.12. The van der Waals surface area contributed by atoms with Crippen LogP contribution in [0.5, 0.6) is 5.75 Å². The monoisotopic (exact) mass is 572 g/mol. The first kappa shape index (κ1) is 28.3. The molecule has 1 atom stereocenters. The highest BCUT2D eigenvalue weighted by molar-refractivity contribution is 7.91. The van der Waals surface area contributed by atoms with Gasteiger partial charge in [-0.1, -0.05) is 23.4 Å². The lowest BCUT2D eigenvalue weighted by molar-refractivity contribution is -0.130. The summed E-state index contributed by atoms with van der Waals surface area (Å²) in [4.78, 5) is 17.0. The number of methoxy groups -OCH3 is 1. The average molecular weight is 573 g/mol. The van der Waals surface area contributed by atoms with Crippen LogP contribution in [-0.4, -0.2) is 59.8 Å². The van der Waals surface area contributed by atoms with E-state index >= 15 is 0 Å². The van der Waals surface area contributed by atoms with Crippen molar-refractivity contribution in [2.24, 2.45) is 0 Å². The third-order valence-corrected chi connectivity index (χ3v) is 8.64. The molecule has 12 nitrogen and oxygen atoms in total. The van der Waals surface area contributed by atoms with Crippen LogP contribution in [0.2, 0.25) is 0 Å². The second kappa shape index (κ2) is 13.4. The molecule has 0 fully saturated rings. The predicted octanol–water partition coefficient (Wildman–Crippen LogP) is 2.58. The SMILES string of the molecule is COCCOc1ccc(C[C@@H](CC(=O)NO)n2cc(CNS(=O)(=O)c3ccc(-c4ccccn4)s3)nn2)cc1. The van der Waals surface area contributed by atoms with Crippen molar-refractivity contribution in [3.8, 4) is 16.3 Å². The number of carbonyl (C=O) groups is 1. The molecule has 0 bridgehead atoms. The van der Waals surface area contributed by atoms with Crippen LogP contribution in [-0.2, 0) is 32.5 Å². The summed E-state index contributed by atoms with van der Waals surface area (Å²) in [6.45, 7) is 0.814. The van der Waals surface area contributed by atoms with Crippen LogP contribution in [0.1, 0.15) is 23.7 Å². The maximum Gasteiger partial charge on any atom is 0.250 e. The number of benzene rings is 1. The predicted molar refractivity (Wildman–Crippen MR) is 143 cm³/mol. The Balaban J connectivity index is 1.41. The van der Waals surface area contributed by atoms with Gasteiger partial charge in [-0.2, -0.15) is 0 Å². The average Bonchev–Trinajstić information content (AvgIpc) is 3.64. The van der Waals surface area contributed by atoms with Gasteiger partial charge >= 0.3 is 0 Å². The van der Waals surface area contributed by atoms with E-state index < -0.39 is 22.0 Å². The van der Waals surface area contributed by atoms with Gasteiger partial charge in [-0.25, -0.2) is 23.3 Å². The van der Waals surface area contributed by atoms with E-state index in [1.807, 2.05) is 36.4 Å². The van der Waals surface area contributed by atoms with Crippen LogP contribution >= 0.6 is 11.3 Å². The van der Waals surface area contributed by atoms with E-state index in [9.17, 15) is 13.2 Å². The van der Waals surface area contributed by atoms with E-state index in [0.29, 0.717) is 36.8 Å². The minimum absolute atomic E-state index is 0.0669. The van der Waals surface area contributed by atoms with E-state index in [1.54, 1.807) is 37.1 Å². The van der Waals surface area contributed by atoms with Crippen molar-refractivity contribution < 1.29 is 27.9 Å². The topological polar surface area (TPSA) is 158 Å². The molecule has 4 aromatic rings. The van der Waals surface area contributed by atoms with Gasteiger partial charge in [0.25, 0.3) is 0 Å². The number of sulfonamides is 1. The highest BCUT2D eigenvalue weighted by Gasteiger charge is 2.21. The van der Waals surface area contributed by atoms with Gasteiger partial charge in [-0.3, -0.25) is 15.0 Å². The van der Waals surface area contributed by atoms with Gasteiger partial charge in [0.2, 0.25) is 15.9 Å². The lowest BCUT2D eigenvalue weighted by Crippen LogP contribution is -2.25. The Morgan fingerprint density at radius 3 is 2.67 bits per heavy atom. The standard InChI is InChI=1S/C25H28N6O6S2/c1-36-12-13-37-21-7-5-18(6-8-21)14-20(15-24(32)29-33)31-17-19(28-30-31)16-27-39(34,35)25-10-9-23(38-25)22-4-2-3-11-26-22/h2-11,17,20,27,33H,12-16H2,1H3,(H,29,32)/t20-/m0/s1. The van der Waals surface area contributed by atoms with Gasteiger partial charge in [0.05, 0.1) is 48.1 Å². The van der Waals surface area contributed by atoms with Crippen molar-refractivity contribution in [1.82, 2.24) is 30.2 Å². The van der Waals surface area contributed by atoms with Crippen LogP contribution in [0, 0.1) is 0 Å². The van der Waals surface area contributed by atoms with Crippen LogP contribution in [0.15, 0.2) is 71.2 Å². The van der Waals surface area contributed by atoms with Gasteiger partial charge in [-0.05, 0) is 48.4 Å². The Hall–Kier alpha value is -3.69. The van der Waals surface area contributed by atoms with E-state index in [1.165, 1.54) is 10.7 Å². The molecule has 0 saturated heterocycles. The number of nitrogens with one attached hydrogen (secondary N) is 2. The maximum atomic E-state index is 12.9. The first-order valence-electron chi connectivity index (χ1n) is 11.9. The summed E-state index contributed by atoms with van der Waals surface area (Å²) in [5.74, 6) is 0.104. The van der Waals surface area contributed by atoms with Gasteiger partial charge in [-0.15, -0.1) is 16.4 Å². The summed E-state index contributed by atoms with van der Waals surface area (Å²) in [6, 6.07) is 15.6. The number of ether oxygens (including phenoxy) is 2. The number of rotatable bonds is 14. The molecule has 0 saturated carbocycles. The largest absolute Gasteiger partial charge is 0.491 e. The van der Waals surface area contributed by atoms with Gasteiger partial charge in [0.15, 0.2) is 0 Å². The molecular formula is C25H28N6O6S2. The summed E-state index contributed by atoms with van der Waals surface area (Å²) < 4.78 is 40.4. The third kappa shape index (κ3) is 7.91. The van der Waals surface area contributed by atoms with Crippen LogP contribution in [0.3, 0.4) is 0 Å². The molecule has 0 aliphatic heterocycles. The molecule has 39 heavy (non-hydrogen) atoms. The number of hydroxylamine groups is 1. The summed E-state index contributed by atoms with van der Waals surface area (Å²) in [6.07, 6.45) is 3.57. The second-order valence-electron chi connectivity index (χ2n) is 8.43. The van der Waals surface area contributed by atoms with Crippen molar-refractivity contribution in [3.63, 3.8) is 0 Å². The molecule has 3 aromatic heterocycles. The second-order valence-corrected chi connectivity index (χ2v) is 11.5. The number of carbonyl (C=O) groups excluding carboxylic acids is 1. The number of thiophene rings is 1. The zero-order valence-electron chi connectivity index (χ0n) is 21.1. The molecular weight excluding hydrogens is 544 g/mol. The molecule has 206 valence electrons. The van der Waals surface area contributed by atoms with Gasteiger partial charge in [0.1, 0.15) is 16.6 Å². The molecule has 0 radical (unpaired) electrons. The van der Waals surface area contributed by atoms with Crippen molar-refractivity contribution in [2.75, 3.05) is 20.3 Å². The molecule has 0 unspecified atom stereocenters. The fourth-order valence-corrected chi connectivity index (χ4v) is 6.01. The van der Waals surface area contributed by atoms with E-state index in [0.717, 1.165) is 21.8 Å². The number of aromatic nitrogens is 4. The Bertz CT molecular complexity index is 1460. The maximum absolute atomic E-state index is 12.9. The highest BCUT2D eigenvalue weighted by atomic mass is 32.2. The zero-order valence-corrected chi connectivity index (χ0v) is 22.7. The van der Waals surface area contributed by atoms with Crippen LogP contribution < -0.4 is 14.9 Å². The first-order valence-corrected chi connectivity index (χ1v) is 14.2. The molecule has 1 aromatic carbocycles. The lowest BCUT2D eigenvalue weighted by Gasteiger charge is -2.16. The van der Waals surface area contributed by atoms with Gasteiger partial charge < -0.3 is 9.47 Å². The smallest absolute Gasteiger partial charge is 0.250 e. The summed E-state index contributed by atoms with van der Waals surface area (Å²) in [5, 5.41) is 17.2. The molecule has 3 heterocycles. The molecule has 0 aliphatic rings. The highest BCUT2D eigenvalue weighted by Crippen LogP contribution is 2.29. The van der Waals surface area contributed by atoms with Crippen molar-refractivity contribution in [2.45, 2.75) is 29.6 Å². The number of pyridine rings is 1. The van der Waals surface area contributed by atoms with Gasteiger partial charge in [0, 0.05) is 13.3 Å². The molecule has 4 rings (SSSR count). The molecule has 3 N–H and O–H groups in total. The number of hydrogen-bond acceptors (Lipinski definition) is 10. The molecule has 1 amide bonds. The normalized spacial score (nSPS) is 12.3. The zero-order chi connectivity index (χ0) is 27.7. The minimum Gasteiger partial charge on any atom is -0.491 e. The lowest BCUT2D eigenvalue weighted by atomic mass is 10.0. The van der Waals surface area contributed by atoms with Crippen molar-refractivity contribution in [3.05, 3.63) is 78.2 Å². The van der Waals surface area contributed by atoms with Crippen LogP contribution in [0.4, 0.5) is 0 Å². The molecule has 14 heteroatoms. The Labute approximate surface area is 229 Å². The van der Waals surface area contributed by atoms with E-state index in [2.05, 4.69) is 20.0 Å². The quantitative estimate of drug-likeness (QED) is 0.117. The number of amides is 1.